The van der Waals surface area contributed by atoms with E-state index in [2.05, 4.69) is 22.3 Å². The van der Waals surface area contributed by atoms with Crippen LogP contribution in [0.1, 0.15) is 56.2 Å². The van der Waals surface area contributed by atoms with Gasteiger partial charge in [0.05, 0.1) is 11.6 Å². The minimum atomic E-state index is -0.309. The normalized spacial score (nSPS) is 16.4. The Morgan fingerprint density at radius 1 is 1.12 bits per heavy atom. The first-order valence-electron chi connectivity index (χ1n) is 10.9. The molecule has 0 radical (unpaired) electrons. The lowest BCUT2D eigenvalue weighted by Gasteiger charge is -2.37. The summed E-state index contributed by atoms with van der Waals surface area (Å²) in [6, 6.07) is 14.1. The first-order valence-corrected chi connectivity index (χ1v) is 11.3. The summed E-state index contributed by atoms with van der Waals surface area (Å²) in [6.45, 7) is 7.05. The lowest BCUT2D eigenvalue weighted by atomic mass is 9.94. The van der Waals surface area contributed by atoms with Gasteiger partial charge in [-0.3, -0.25) is 0 Å². The number of aromatic nitrogens is 2. The Kier molecular flexibility index (Phi) is 6.65. The third-order valence-corrected chi connectivity index (χ3v) is 6.06. The van der Waals surface area contributed by atoms with Crippen molar-refractivity contribution in [3.8, 4) is 11.4 Å². The van der Waals surface area contributed by atoms with Crippen LogP contribution < -0.4 is 5.32 Å². The van der Waals surface area contributed by atoms with Crippen molar-refractivity contribution in [2.24, 2.45) is 0 Å². The fourth-order valence-electron chi connectivity index (χ4n) is 3.99. The Labute approximate surface area is 193 Å². The second kappa shape index (κ2) is 9.61. The number of aryl methyl sites for hydroxylation is 1. The van der Waals surface area contributed by atoms with Gasteiger partial charge in [0.1, 0.15) is 5.82 Å². The summed E-state index contributed by atoms with van der Waals surface area (Å²) < 4.78 is 19.3. The molecule has 1 unspecified atom stereocenters. The Bertz CT molecular complexity index is 1140. The van der Waals surface area contributed by atoms with Gasteiger partial charge in [0.2, 0.25) is 5.82 Å². The molecule has 0 spiro atoms. The van der Waals surface area contributed by atoms with Gasteiger partial charge < -0.3 is 14.7 Å². The third kappa shape index (κ3) is 4.58. The molecule has 4 rings (SSSR count). The molecule has 2 heterocycles. The summed E-state index contributed by atoms with van der Waals surface area (Å²) in [5.74, 6) is 0.687. The topological polar surface area (TPSA) is 54.2 Å². The first-order chi connectivity index (χ1) is 15.5. The number of thiocarbonyl (C=S) groups is 1. The molecule has 0 amide bonds. The average Bonchev–Trinajstić information content (AvgIpc) is 3.26. The number of allylic oxidation sites excluding steroid dienone is 1. The van der Waals surface area contributed by atoms with Gasteiger partial charge in [-0.15, -0.1) is 0 Å². The van der Waals surface area contributed by atoms with Crippen molar-refractivity contribution < 1.29 is 8.91 Å². The highest BCUT2D eigenvalue weighted by Crippen LogP contribution is 2.37. The minimum Gasteiger partial charge on any atom is -0.351 e. The second-order valence-electron chi connectivity index (χ2n) is 8.08. The van der Waals surface area contributed by atoms with Crippen molar-refractivity contribution >= 4 is 22.9 Å². The number of benzene rings is 2. The highest BCUT2D eigenvalue weighted by molar-refractivity contribution is 7.80. The molecule has 166 valence electrons. The van der Waals surface area contributed by atoms with Crippen molar-refractivity contribution in [2.45, 2.75) is 46.1 Å². The molecule has 5 nitrogen and oxygen atoms in total. The highest BCUT2D eigenvalue weighted by Gasteiger charge is 2.33. The molecule has 0 bridgehead atoms. The summed E-state index contributed by atoms with van der Waals surface area (Å²) >= 11 is 5.70. The average molecular weight is 451 g/mol. The Hall–Kier alpha value is -3.06. The van der Waals surface area contributed by atoms with E-state index in [1.165, 1.54) is 12.1 Å². The molecule has 1 aliphatic rings. The van der Waals surface area contributed by atoms with Gasteiger partial charge in [-0.05, 0) is 56.2 Å². The second-order valence-corrected chi connectivity index (χ2v) is 8.47. The van der Waals surface area contributed by atoms with Crippen LogP contribution in [-0.4, -0.2) is 26.7 Å². The summed E-state index contributed by atoms with van der Waals surface area (Å²) in [5, 5.41) is 8.30. The number of unbranched alkanes of at least 4 members (excludes halogenated alkanes) is 2. The quantitative estimate of drug-likeness (QED) is 0.350. The molecule has 1 aromatic heterocycles. The number of nitrogens with one attached hydrogen (secondary N) is 1. The van der Waals surface area contributed by atoms with E-state index < -0.39 is 0 Å². The number of hydrogen-bond donors (Lipinski definition) is 1. The van der Waals surface area contributed by atoms with Gasteiger partial charge in [-0.1, -0.05) is 60.8 Å². The SMILES string of the molecule is CCCCCN1C(=S)NC(c2ccc(F)cc2)C(c2nc(-c3cccc(C)c3)no2)=C1C. The monoisotopic (exact) mass is 450 g/mol. The number of hydrogen-bond acceptors (Lipinski definition) is 4. The van der Waals surface area contributed by atoms with E-state index in [4.69, 9.17) is 21.7 Å². The van der Waals surface area contributed by atoms with Gasteiger partial charge in [-0.2, -0.15) is 4.98 Å². The van der Waals surface area contributed by atoms with Gasteiger partial charge in [0.15, 0.2) is 5.11 Å². The molecule has 1 N–H and O–H groups in total. The molecular weight excluding hydrogens is 423 g/mol. The predicted molar refractivity (Wildman–Crippen MR) is 128 cm³/mol. The zero-order valence-electron chi connectivity index (χ0n) is 18.6. The van der Waals surface area contributed by atoms with E-state index in [0.29, 0.717) is 16.8 Å². The smallest absolute Gasteiger partial charge is 0.258 e. The maximum Gasteiger partial charge on any atom is 0.258 e. The van der Waals surface area contributed by atoms with Crippen LogP contribution in [0.4, 0.5) is 4.39 Å². The zero-order chi connectivity index (χ0) is 22.7. The predicted octanol–water partition coefficient (Wildman–Crippen LogP) is 6.04. The molecule has 0 fully saturated rings. The van der Waals surface area contributed by atoms with Crippen LogP contribution in [0, 0.1) is 12.7 Å². The fourth-order valence-corrected chi connectivity index (χ4v) is 4.33. The molecule has 0 aliphatic carbocycles. The van der Waals surface area contributed by atoms with Crippen LogP contribution in [0.3, 0.4) is 0 Å². The number of nitrogens with zero attached hydrogens (tertiary/aromatic N) is 3. The summed E-state index contributed by atoms with van der Waals surface area (Å²) in [5.41, 5.74) is 4.73. The van der Waals surface area contributed by atoms with Crippen LogP contribution in [0.15, 0.2) is 58.8 Å². The molecule has 0 saturated carbocycles. The lowest BCUT2D eigenvalue weighted by molar-refractivity contribution is 0.395. The molecule has 2 aromatic carbocycles. The van der Waals surface area contributed by atoms with Crippen molar-refractivity contribution in [3.05, 3.63) is 77.1 Å². The van der Waals surface area contributed by atoms with Gasteiger partial charge >= 0.3 is 0 Å². The van der Waals surface area contributed by atoms with E-state index in [1.807, 2.05) is 38.1 Å². The molecule has 1 atom stereocenters. The van der Waals surface area contributed by atoms with Gasteiger partial charge in [-0.25, -0.2) is 4.39 Å². The van der Waals surface area contributed by atoms with E-state index in [-0.39, 0.29) is 11.9 Å². The first kappa shape index (κ1) is 22.1. The van der Waals surface area contributed by atoms with Crippen molar-refractivity contribution in [1.82, 2.24) is 20.4 Å². The van der Waals surface area contributed by atoms with Crippen LogP contribution >= 0.6 is 12.2 Å². The van der Waals surface area contributed by atoms with Crippen LogP contribution in [0.25, 0.3) is 17.0 Å². The molecule has 32 heavy (non-hydrogen) atoms. The van der Waals surface area contributed by atoms with Gasteiger partial charge in [0.25, 0.3) is 5.89 Å². The Balaban J connectivity index is 1.77. The Morgan fingerprint density at radius 2 is 1.91 bits per heavy atom. The summed E-state index contributed by atoms with van der Waals surface area (Å²) in [7, 11) is 0. The fraction of sp³-hybridized carbons (Fsp3) is 0.320. The van der Waals surface area contributed by atoms with Crippen molar-refractivity contribution in [1.29, 1.82) is 0 Å². The zero-order valence-corrected chi connectivity index (χ0v) is 19.4. The minimum absolute atomic E-state index is 0.282. The highest BCUT2D eigenvalue weighted by atomic mass is 32.1. The summed E-state index contributed by atoms with van der Waals surface area (Å²) in [4.78, 5) is 6.82. The van der Waals surface area contributed by atoms with E-state index >= 15 is 0 Å². The van der Waals surface area contributed by atoms with Crippen LogP contribution in [-0.2, 0) is 0 Å². The van der Waals surface area contributed by atoms with Crippen LogP contribution in [0.5, 0.6) is 0 Å². The van der Waals surface area contributed by atoms with Gasteiger partial charge in [0, 0.05) is 17.8 Å². The third-order valence-electron chi connectivity index (χ3n) is 5.72. The molecule has 7 heteroatoms. The standard InChI is InChI=1S/C25H27FN4OS/c1-4-5-6-14-30-17(3)21(22(27-25(30)32)18-10-12-20(26)13-11-18)24-28-23(29-31-24)19-9-7-8-16(2)15-19/h7-13,15,22H,4-6,14H2,1-3H3,(H,27,32). The largest absolute Gasteiger partial charge is 0.351 e. The lowest BCUT2D eigenvalue weighted by Crippen LogP contribution is -2.46. The van der Waals surface area contributed by atoms with E-state index in [0.717, 1.165) is 53.8 Å². The number of halogens is 1. The maximum absolute atomic E-state index is 13.6. The van der Waals surface area contributed by atoms with Crippen molar-refractivity contribution in [2.75, 3.05) is 6.54 Å². The van der Waals surface area contributed by atoms with E-state index in [1.54, 1.807) is 12.1 Å². The maximum atomic E-state index is 13.6. The molecule has 0 saturated heterocycles. The summed E-state index contributed by atoms with van der Waals surface area (Å²) in [6.07, 6.45) is 3.29. The van der Waals surface area contributed by atoms with Crippen molar-refractivity contribution in [3.63, 3.8) is 0 Å². The number of rotatable bonds is 7. The molecule has 1 aliphatic heterocycles. The Morgan fingerprint density at radius 3 is 2.62 bits per heavy atom. The van der Waals surface area contributed by atoms with E-state index in [9.17, 15) is 4.39 Å². The van der Waals surface area contributed by atoms with Crippen LogP contribution in [0.2, 0.25) is 0 Å². The molecular formula is C25H27FN4OS. The molecule has 3 aromatic rings.